The van der Waals surface area contributed by atoms with Crippen molar-refractivity contribution in [2.24, 2.45) is 5.73 Å². The minimum atomic E-state index is -1.20. The van der Waals surface area contributed by atoms with Crippen molar-refractivity contribution in [2.75, 3.05) is 13.2 Å². The van der Waals surface area contributed by atoms with Gasteiger partial charge in [-0.3, -0.25) is 0 Å². The summed E-state index contributed by atoms with van der Waals surface area (Å²) in [6, 6.07) is 15.5. The maximum atomic E-state index is 11.1. The van der Waals surface area contributed by atoms with Crippen LogP contribution < -0.4 is 10.5 Å². The van der Waals surface area contributed by atoms with E-state index in [1.807, 2.05) is 42.5 Å². The minimum Gasteiger partial charge on any atom is -0.493 e. The summed E-state index contributed by atoms with van der Waals surface area (Å²) in [6.45, 7) is 0.816. The first-order valence-electron chi connectivity index (χ1n) is 6.99. The third-order valence-electron chi connectivity index (χ3n) is 3.93. The molecule has 0 bridgehead atoms. The van der Waals surface area contributed by atoms with Crippen molar-refractivity contribution < 1.29 is 9.84 Å². The van der Waals surface area contributed by atoms with E-state index in [2.05, 4.69) is 6.07 Å². The smallest absolute Gasteiger partial charge is 0.130 e. The van der Waals surface area contributed by atoms with Crippen LogP contribution in [0.2, 0.25) is 0 Å². The van der Waals surface area contributed by atoms with Crippen molar-refractivity contribution in [2.45, 2.75) is 18.4 Å². The highest BCUT2D eigenvalue weighted by molar-refractivity contribution is 5.50. The van der Waals surface area contributed by atoms with Crippen molar-refractivity contribution in [3.05, 3.63) is 65.2 Å². The van der Waals surface area contributed by atoms with E-state index in [9.17, 15) is 5.11 Å². The minimum absolute atomic E-state index is 0.122. The number of hydrogen-bond acceptors (Lipinski definition) is 3. The molecule has 3 N–H and O–H groups in total. The number of rotatable bonds is 3. The van der Waals surface area contributed by atoms with Crippen molar-refractivity contribution in [1.82, 2.24) is 0 Å². The molecule has 0 aromatic heterocycles. The number of hydrogen-bond donors (Lipinski definition) is 2. The molecule has 20 heavy (non-hydrogen) atoms. The first-order valence-corrected chi connectivity index (χ1v) is 6.99. The fraction of sp³-hybridized carbons (Fsp3) is 0.294. The van der Waals surface area contributed by atoms with E-state index in [4.69, 9.17) is 10.5 Å². The predicted octanol–water partition coefficient (Wildman–Crippen LogP) is 2.21. The third kappa shape index (κ3) is 2.09. The fourth-order valence-corrected chi connectivity index (χ4v) is 2.81. The van der Waals surface area contributed by atoms with Crippen LogP contribution in [0.15, 0.2) is 48.5 Å². The second-order valence-electron chi connectivity index (χ2n) is 5.18. The lowest BCUT2D eigenvalue weighted by molar-refractivity contribution is 0.0852. The molecule has 3 heteroatoms. The molecule has 0 aliphatic carbocycles. The van der Waals surface area contributed by atoms with Gasteiger partial charge in [-0.05, 0) is 24.0 Å². The molecule has 0 amide bonds. The van der Waals surface area contributed by atoms with Gasteiger partial charge in [0.1, 0.15) is 11.4 Å². The highest BCUT2D eigenvalue weighted by atomic mass is 16.5. The quantitative estimate of drug-likeness (QED) is 0.898. The molecular weight excluding hydrogens is 250 g/mol. The van der Waals surface area contributed by atoms with E-state index in [1.165, 1.54) is 0 Å². The van der Waals surface area contributed by atoms with E-state index < -0.39 is 5.60 Å². The van der Waals surface area contributed by atoms with Gasteiger partial charge in [0.05, 0.1) is 6.61 Å². The summed E-state index contributed by atoms with van der Waals surface area (Å²) in [5.41, 5.74) is 7.41. The molecule has 1 unspecified atom stereocenters. The van der Waals surface area contributed by atoms with Crippen LogP contribution in [0.3, 0.4) is 0 Å². The van der Waals surface area contributed by atoms with Crippen molar-refractivity contribution in [1.29, 1.82) is 0 Å². The Morgan fingerprint density at radius 3 is 2.65 bits per heavy atom. The van der Waals surface area contributed by atoms with Crippen LogP contribution in [-0.4, -0.2) is 18.3 Å². The molecule has 3 rings (SSSR count). The number of fused-ring (bicyclic) bond motifs is 1. The van der Waals surface area contributed by atoms with Gasteiger partial charge in [-0.15, -0.1) is 0 Å². The Kier molecular flexibility index (Phi) is 3.47. The number of ether oxygens (including phenoxy) is 1. The summed E-state index contributed by atoms with van der Waals surface area (Å²) in [5, 5.41) is 11.1. The van der Waals surface area contributed by atoms with Gasteiger partial charge in [0.15, 0.2) is 0 Å². The summed E-state index contributed by atoms with van der Waals surface area (Å²) in [5.74, 6) is 0.801. The van der Waals surface area contributed by atoms with Crippen LogP contribution >= 0.6 is 0 Å². The number of aliphatic hydroxyl groups is 1. The molecule has 2 aromatic carbocycles. The summed E-state index contributed by atoms with van der Waals surface area (Å²) in [6.07, 6.45) is 2.00. The molecule has 0 saturated carbocycles. The number of para-hydroxylation sites is 1. The van der Waals surface area contributed by atoms with Crippen LogP contribution in [0.5, 0.6) is 5.75 Å². The summed E-state index contributed by atoms with van der Waals surface area (Å²) in [7, 11) is 0. The van der Waals surface area contributed by atoms with Crippen LogP contribution in [0.1, 0.15) is 23.1 Å². The Labute approximate surface area is 119 Å². The Morgan fingerprint density at radius 1 is 1.10 bits per heavy atom. The molecular formula is C17H19NO2. The fourth-order valence-electron chi connectivity index (χ4n) is 2.81. The van der Waals surface area contributed by atoms with Gasteiger partial charge in [-0.25, -0.2) is 0 Å². The van der Waals surface area contributed by atoms with Gasteiger partial charge in [0, 0.05) is 12.1 Å². The predicted molar refractivity (Wildman–Crippen MR) is 78.8 cm³/mol. The van der Waals surface area contributed by atoms with Crippen molar-refractivity contribution >= 4 is 0 Å². The second kappa shape index (κ2) is 5.27. The van der Waals surface area contributed by atoms with E-state index in [0.29, 0.717) is 6.61 Å². The Hall–Kier alpha value is -1.84. The molecule has 0 fully saturated rings. The lowest BCUT2D eigenvalue weighted by Crippen LogP contribution is -2.37. The zero-order valence-corrected chi connectivity index (χ0v) is 11.4. The lowest BCUT2D eigenvalue weighted by Gasteiger charge is -2.31. The van der Waals surface area contributed by atoms with E-state index >= 15 is 0 Å². The zero-order chi connectivity index (χ0) is 14.0. The Balaban J connectivity index is 2.15. The summed E-state index contributed by atoms with van der Waals surface area (Å²) in [4.78, 5) is 0. The van der Waals surface area contributed by atoms with Gasteiger partial charge >= 0.3 is 0 Å². The third-order valence-corrected chi connectivity index (χ3v) is 3.93. The van der Waals surface area contributed by atoms with Gasteiger partial charge < -0.3 is 15.6 Å². The average Bonchev–Trinajstić information content (AvgIpc) is 2.54. The van der Waals surface area contributed by atoms with Crippen LogP contribution in [0, 0.1) is 0 Å². The number of aryl methyl sites for hydroxylation is 1. The number of benzene rings is 2. The molecule has 0 radical (unpaired) electrons. The molecule has 0 spiro atoms. The Morgan fingerprint density at radius 2 is 1.90 bits per heavy atom. The topological polar surface area (TPSA) is 55.5 Å². The monoisotopic (exact) mass is 269 g/mol. The Bertz CT molecular complexity index is 597. The van der Waals surface area contributed by atoms with Crippen molar-refractivity contribution in [3.63, 3.8) is 0 Å². The van der Waals surface area contributed by atoms with Crippen LogP contribution in [-0.2, 0) is 12.0 Å². The molecule has 1 aliphatic rings. The number of nitrogens with two attached hydrogens (primary N) is 1. The van der Waals surface area contributed by atoms with E-state index in [-0.39, 0.29) is 6.54 Å². The van der Waals surface area contributed by atoms with Gasteiger partial charge in [0.25, 0.3) is 0 Å². The largest absolute Gasteiger partial charge is 0.493 e. The van der Waals surface area contributed by atoms with Crippen LogP contribution in [0.25, 0.3) is 0 Å². The molecule has 0 saturated heterocycles. The van der Waals surface area contributed by atoms with Crippen LogP contribution in [0.4, 0.5) is 0 Å². The van der Waals surface area contributed by atoms with Crippen molar-refractivity contribution in [3.8, 4) is 5.75 Å². The van der Waals surface area contributed by atoms with Gasteiger partial charge in [-0.2, -0.15) is 0 Å². The summed E-state index contributed by atoms with van der Waals surface area (Å²) < 4.78 is 5.81. The zero-order valence-electron chi connectivity index (χ0n) is 11.4. The van der Waals surface area contributed by atoms with E-state index in [0.717, 1.165) is 35.3 Å². The highest BCUT2D eigenvalue weighted by Crippen LogP contribution is 2.38. The maximum Gasteiger partial charge on any atom is 0.130 e. The molecule has 1 atom stereocenters. The highest BCUT2D eigenvalue weighted by Gasteiger charge is 2.34. The molecule has 1 heterocycles. The summed E-state index contributed by atoms with van der Waals surface area (Å²) >= 11 is 0. The first-order chi connectivity index (χ1) is 9.75. The molecule has 2 aromatic rings. The van der Waals surface area contributed by atoms with Gasteiger partial charge in [-0.1, -0.05) is 48.5 Å². The second-order valence-corrected chi connectivity index (χ2v) is 5.18. The molecule has 3 nitrogen and oxygen atoms in total. The standard InChI is InChI=1S/C17H19NO2/c18-12-17(19,14-8-2-1-3-9-14)15-10-4-6-13-7-5-11-20-16(13)15/h1-4,6,8-10,19H,5,7,11-12,18H2. The normalized spacial score (nSPS) is 16.9. The van der Waals surface area contributed by atoms with Gasteiger partial charge in [0.2, 0.25) is 0 Å². The average molecular weight is 269 g/mol. The van der Waals surface area contributed by atoms with E-state index in [1.54, 1.807) is 0 Å². The maximum absolute atomic E-state index is 11.1. The lowest BCUT2D eigenvalue weighted by atomic mass is 9.84. The molecule has 104 valence electrons. The molecule has 1 aliphatic heterocycles. The SMILES string of the molecule is NCC(O)(c1ccccc1)c1cccc2c1OCCC2. The first kappa shape index (κ1) is 13.2.